The number of likely N-dealkylation sites (tertiary alicyclic amines) is 2. The molecule has 16 heteroatoms. The standard InChI is InChI=1S/C46H56F3N9O4/c1-54-40-23-29(7-14-38(40)58(45(54)62)39-15-16-41(60)52-43(39)61)3-2-4-31-26-56(27-31)33-17-21-55(22-18-33)25-30-5-8-32(9-6-30)37-28-57(34-10-12-35(59)13-11-34)42-36(37)24-51-44(53-42)50-20-19-46(47,48)49/h5-9,14,23-24,28,31,33-35,39,59H,2-4,10-13,15-22,25-27H2,1H3,(H,50,51,53)(H,52,60,61)/t34?,35?,39-/m0/s1. The van der Waals surface area contributed by atoms with Crippen LogP contribution >= 0.6 is 0 Å². The fourth-order valence-corrected chi connectivity index (χ4v) is 10.2. The number of piperidine rings is 2. The zero-order valence-electron chi connectivity index (χ0n) is 35.2. The lowest BCUT2D eigenvalue weighted by Crippen LogP contribution is -2.55. The first-order chi connectivity index (χ1) is 29.9. The number of aliphatic hydroxyl groups is 1. The third-order valence-corrected chi connectivity index (χ3v) is 13.8. The van der Waals surface area contributed by atoms with Gasteiger partial charge in [0.2, 0.25) is 17.8 Å². The smallest absolute Gasteiger partial charge is 0.390 e. The van der Waals surface area contributed by atoms with E-state index in [9.17, 15) is 32.7 Å². The number of hydrogen-bond acceptors (Lipinski definition) is 9. The van der Waals surface area contributed by atoms with Gasteiger partial charge in [0.25, 0.3) is 0 Å². The van der Waals surface area contributed by atoms with Crippen molar-refractivity contribution in [3.63, 3.8) is 0 Å². The number of nitrogens with one attached hydrogen (secondary N) is 2. The lowest BCUT2D eigenvalue weighted by molar-refractivity contribution is -0.136. The van der Waals surface area contributed by atoms with Gasteiger partial charge in [-0.1, -0.05) is 30.3 Å². The van der Waals surface area contributed by atoms with E-state index in [1.807, 2.05) is 6.07 Å². The van der Waals surface area contributed by atoms with Crippen LogP contribution in [0.5, 0.6) is 0 Å². The Balaban J connectivity index is 0.747. The van der Waals surface area contributed by atoms with Crippen LogP contribution in [0, 0.1) is 5.92 Å². The Morgan fingerprint density at radius 1 is 0.903 bits per heavy atom. The predicted molar refractivity (Wildman–Crippen MR) is 231 cm³/mol. The number of amides is 2. The first-order valence-corrected chi connectivity index (χ1v) is 22.3. The molecule has 13 nitrogen and oxygen atoms in total. The molecule has 3 aromatic heterocycles. The summed E-state index contributed by atoms with van der Waals surface area (Å²) in [6.07, 6.45) is 7.33. The van der Waals surface area contributed by atoms with Crippen molar-refractivity contribution in [2.75, 3.05) is 38.0 Å². The van der Waals surface area contributed by atoms with Crippen molar-refractivity contribution < 1.29 is 27.9 Å². The van der Waals surface area contributed by atoms with Crippen LogP contribution < -0.4 is 16.3 Å². The summed E-state index contributed by atoms with van der Waals surface area (Å²) in [6, 6.07) is 14.8. The molecule has 0 bridgehead atoms. The number of halogens is 3. The van der Waals surface area contributed by atoms with Crippen molar-refractivity contribution in [3.8, 4) is 11.1 Å². The Bertz CT molecular complexity index is 2470. The van der Waals surface area contributed by atoms with Crippen molar-refractivity contribution in [1.29, 1.82) is 0 Å². The van der Waals surface area contributed by atoms with Gasteiger partial charge < -0.3 is 15.0 Å². The molecule has 1 atom stereocenters. The topological polar surface area (TPSA) is 143 Å². The number of hydrogen-bond donors (Lipinski definition) is 3. The van der Waals surface area contributed by atoms with E-state index in [0.717, 1.165) is 98.8 Å². The van der Waals surface area contributed by atoms with Crippen molar-refractivity contribution in [1.82, 2.24) is 38.8 Å². The highest BCUT2D eigenvalue weighted by Gasteiger charge is 2.35. The number of anilines is 1. The van der Waals surface area contributed by atoms with Gasteiger partial charge >= 0.3 is 11.9 Å². The quantitative estimate of drug-likeness (QED) is 0.113. The van der Waals surface area contributed by atoms with E-state index in [4.69, 9.17) is 4.98 Å². The van der Waals surface area contributed by atoms with E-state index in [2.05, 4.69) is 72.6 Å². The molecule has 62 heavy (non-hydrogen) atoms. The van der Waals surface area contributed by atoms with E-state index in [0.29, 0.717) is 36.9 Å². The molecule has 1 saturated carbocycles. The number of fused-ring (bicyclic) bond motifs is 2. The van der Waals surface area contributed by atoms with Gasteiger partial charge in [0.15, 0.2) is 0 Å². The van der Waals surface area contributed by atoms with Crippen LogP contribution in [0.15, 0.2) is 59.7 Å². The van der Waals surface area contributed by atoms with Gasteiger partial charge in [-0.3, -0.25) is 33.8 Å². The second kappa shape index (κ2) is 17.6. The number of aromatic nitrogens is 5. The number of rotatable bonds is 13. The molecule has 3 N–H and O–H groups in total. The van der Waals surface area contributed by atoms with Gasteiger partial charge in [0.05, 0.1) is 23.6 Å². The summed E-state index contributed by atoms with van der Waals surface area (Å²) in [5.74, 6) is 0.164. The van der Waals surface area contributed by atoms with Crippen molar-refractivity contribution >= 4 is 39.8 Å². The third kappa shape index (κ3) is 9.04. The molecule has 330 valence electrons. The van der Waals surface area contributed by atoms with E-state index in [1.54, 1.807) is 17.8 Å². The Kier molecular flexibility index (Phi) is 12.0. The summed E-state index contributed by atoms with van der Waals surface area (Å²) < 4.78 is 43.7. The largest absolute Gasteiger partial charge is 0.393 e. The summed E-state index contributed by atoms with van der Waals surface area (Å²) in [4.78, 5) is 51.6. The number of benzene rings is 2. The highest BCUT2D eigenvalue weighted by atomic mass is 19.4. The van der Waals surface area contributed by atoms with Crippen LogP contribution in [-0.2, 0) is 29.6 Å². The Labute approximate surface area is 358 Å². The van der Waals surface area contributed by atoms with Crippen LogP contribution in [0.3, 0.4) is 0 Å². The van der Waals surface area contributed by atoms with Gasteiger partial charge in [-0.2, -0.15) is 18.2 Å². The fraction of sp³-hybridized carbons (Fsp3) is 0.543. The van der Waals surface area contributed by atoms with Crippen LogP contribution in [0.25, 0.3) is 33.2 Å². The average molecular weight is 856 g/mol. The minimum atomic E-state index is -4.26. The monoisotopic (exact) mass is 855 g/mol. The van der Waals surface area contributed by atoms with E-state index < -0.39 is 24.5 Å². The number of alkyl halides is 3. The van der Waals surface area contributed by atoms with Gasteiger partial charge in [-0.15, -0.1) is 0 Å². The molecule has 0 unspecified atom stereocenters. The number of nitrogens with zero attached hydrogens (tertiary/aromatic N) is 7. The number of imidazole rings is 1. The van der Waals surface area contributed by atoms with Gasteiger partial charge in [-0.05, 0) is 112 Å². The molecular weight excluding hydrogens is 800 g/mol. The maximum absolute atomic E-state index is 13.1. The van der Waals surface area contributed by atoms with Gasteiger partial charge in [0, 0.05) is 75.1 Å². The number of aliphatic hydroxyl groups excluding tert-OH is 1. The molecule has 2 amide bonds. The zero-order valence-corrected chi connectivity index (χ0v) is 35.2. The lowest BCUT2D eigenvalue weighted by atomic mass is 9.89. The number of carbonyl (C=O) groups is 2. The molecule has 6 heterocycles. The number of imide groups is 1. The maximum Gasteiger partial charge on any atom is 0.390 e. The molecular formula is C46H56F3N9O4. The maximum atomic E-state index is 13.1. The SMILES string of the molecule is Cn1c(=O)n([C@H]2CCC(=O)NC2=O)c2ccc(CCCC3CN(C4CCN(Cc5ccc(-c6cn(C7CCC(O)CC7)c7nc(NCCC(F)(F)F)ncc67)cc5)CC4)C3)cc21. The highest BCUT2D eigenvalue weighted by Crippen LogP contribution is 2.37. The van der Waals surface area contributed by atoms with Crippen LogP contribution in [0.4, 0.5) is 19.1 Å². The van der Waals surface area contributed by atoms with E-state index in [1.165, 1.54) is 22.1 Å². The Morgan fingerprint density at radius 3 is 2.37 bits per heavy atom. The molecule has 0 radical (unpaired) electrons. The number of carbonyl (C=O) groups excluding carboxylic acids is 2. The van der Waals surface area contributed by atoms with E-state index in [-0.39, 0.29) is 42.7 Å². The third-order valence-electron chi connectivity index (χ3n) is 13.8. The van der Waals surface area contributed by atoms with Crippen molar-refractivity contribution in [2.45, 2.75) is 114 Å². The molecule has 1 aliphatic carbocycles. The van der Waals surface area contributed by atoms with Gasteiger partial charge in [-0.25, -0.2) is 9.78 Å². The summed E-state index contributed by atoms with van der Waals surface area (Å²) in [7, 11) is 1.74. The second-order valence-electron chi connectivity index (χ2n) is 18.1. The van der Waals surface area contributed by atoms with Gasteiger partial charge in [0.1, 0.15) is 11.7 Å². The van der Waals surface area contributed by atoms with E-state index >= 15 is 0 Å². The molecule has 4 fully saturated rings. The van der Waals surface area contributed by atoms with Crippen LogP contribution in [-0.4, -0.2) is 101 Å². The normalized spacial score (nSPS) is 22.4. The Hall–Kier alpha value is -5.06. The minimum Gasteiger partial charge on any atom is -0.393 e. The summed E-state index contributed by atoms with van der Waals surface area (Å²) in [5.41, 5.74) is 6.44. The number of aryl methyl sites for hydroxylation is 2. The first-order valence-electron chi connectivity index (χ1n) is 22.3. The van der Waals surface area contributed by atoms with Crippen LogP contribution in [0.2, 0.25) is 0 Å². The molecule has 2 aromatic carbocycles. The predicted octanol–water partition coefficient (Wildman–Crippen LogP) is 6.49. The molecule has 0 spiro atoms. The summed E-state index contributed by atoms with van der Waals surface area (Å²) in [6.45, 7) is 5.01. The second-order valence-corrected chi connectivity index (χ2v) is 18.1. The average Bonchev–Trinajstić information content (AvgIpc) is 3.73. The fourth-order valence-electron chi connectivity index (χ4n) is 10.2. The zero-order chi connectivity index (χ0) is 43.1. The molecule has 9 rings (SSSR count). The lowest BCUT2D eigenvalue weighted by Gasteiger charge is -2.47. The molecule has 4 aliphatic rings. The first kappa shape index (κ1) is 42.3. The molecule has 5 aromatic rings. The Morgan fingerprint density at radius 2 is 1.65 bits per heavy atom. The molecule has 3 saturated heterocycles. The molecule has 3 aliphatic heterocycles. The van der Waals surface area contributed by atoms with Crippen molar-refractivity contribution in [2.24, 2.45) is 13.0 Å². The highest BCUT2D eigenvalue weighted by molar-refractivity contribution is 6.00. The van der Waals surface area contributed by atoms with Crippen LogP contribution in [0.1, 0.15) is 93.8 Å². The minimum absolute atomic E-state index is 0.139. The summed E-state index contributed by atoms with van der Waals surface area (Å²) in [5, 5.41) is 16.1. The van der Waals surface area contributed by atoms with Crippen molar-refractivity contribution in [3.05, 3.63) is 76.5 Å². The summed E-state index contributed by atoms with van der Waals surface area (Å²) >= 11 is 0.